The second-order valence-electron chi connectivity index (χ2n) is 12.4. The number of halogens is 1. The SMILES string of the molecule is CCCCCCCCCCCCCCCCCC(=O)NCC(C)(C)C[N+](C)(C)Cc1ccccc1.[Br-]. The van der Waals surface area contributed by atoms with Crippen LogP contribution < -0.4 is 22.3 Å². The van der Waals surface area contributed by atoms with Crippen LogP contribution in [-0.4, -0.2) is 37.6 Å². The van der Waals surface area contributed by atoms with Crippen LogP contribution in [0.1, 0.15) is 129 Å². The summed E-state index contributed by atoms with van der Waals surface area (Å²) in [4.78, 5) is 12.4. The third-order valence-electron chi connectivity index (χ3n) is 7.08. The van der Waals surface area contributed by atoms with E-state index < -0.39 is 0 Å². The van der Waals surface area contributed by atoms with E-state index in [1.165, 1.54) is 95.5 Å². The standard InChI is InChI=1S/C32H58N2O.BrH/c1-6-7-8-9-10-11-12-13-14-15-16-17-18-19-23-26-31(35)33-28-32(2,3)29-34(4,5)27-30-24-21-20-22-25-30;/h20-22,24-25H,6-19,23,26-29H2,1-5H3;1H. The molecule has 0 aliphatic rings. The quantitative estimate of drug-likeness (QED) is 0.142. The molecule has 0 atom stereocenters. The predicted octanol–water partition coefficient (Wildman–Crippen LogP) is 5.67. The van der Waals surface area contributed by atoms with Gasteiger partial charge in [-0.2, -0.15) is 0 Å². The minimum absolute atomic E-state index is 0. The minimum atomic E-state index is 0. The molecule has 1 rings (SSSR count). The lowest BCUT2D eigenvalue weighted by Gasteiger charge is -2.37. The lowest BCUT2D eigenvalue weighted by Crippen LogP contribution is -3.00. The molecule has 0 unspecified atom stereocenters. The summed E-state index contributed by atoms with van der Waals surface area (Å²) >= 11 is 0. The first-order valence-electron chi connectivity index (χ1n) is 14.9. The number of unbranched alkanes of at least 4 members (excludes halogenated alkanes) is 14. The van der Waals surface area contributed by atoms with Gasteiger partial charge in [-0.1, -0.05) is 141 Å². The molecule has 0 aliphatic heterocycles. The van der Waals surface area contributed by atoms with Crippen molar-refractivity contribution in [3.8, 4) is 0 Å². The van der Waals surface area contributed by atoms with Crippen molar-refractivity contribution >= 4 is 5.91 Å². The number of amides is 1. The monoisotopic (exact) mass is 566 g/mol. The molecule has 36 heavy (non-hydrogen) atoms. The largest absolute Gasteiger partial charge is 1.00 e. The van der Waals surface area contributed by atoms with E-state index in [9.17, 15) is 4.79 Å². The van der Waals surface area contributed by atoms with Crippen molar-refractivity contribution in [1.29, 1.82) is 0 Å². The van der Waals surface area contributed by atoms with Crippen LogP contribution in [0, 0.1) is 5.41 Å². The lowest BCUT2D eigenvalue weighted by molar-refractivity contribution is -0.909. The average Bonchev–Trinajstić information content (AvgIpc) is 2.80. The average molecular weight is 568 g/mol. The normalized spacial score (nSPS) is 11.8. The molecule has 1 aromatic rings. The van der Waals surface area contributed by atoms with E-state index in [2.05, 4.69) is 70.5 Å². The van der Waals surface area contributed by atoms with E-state index in [4.69, 9.17) is 0 Å². The molecule has 1 aromatic carbocycles. The zero-order chi connectivity index (χ0) is 25.8. The van der Waals surface area contributed by atoms with Gasteiger partial charge in [0.1, 0.15) is 6.54 Å². The Morgan fingerprint density at radius 2 is 1.19 bits per heavy atom. The van der Waals surface area contributed by atoms with Crippen molar-refractivity contribution < 1.29 is 26.3 Å². The summed E-state index contributed by atoms with van der Waals surface area (Å²) in [5, 5.41) is 3.21. The summed E-state index contributed by atoms with van der Waals surface area (Å²) in [6, 6.07) is 10.7. The Labute approximate surface area is 235 Å². The Hall–Kier alpha value is -0.870. The summed E-state index contributed by atoms with van der Waals surface area (Å²) < 4.78 is 0.923. The minimum Gasteiger partial charge on any atom is -1.00 e. The number of carbonyl (C=O) groups is 1. The molecule has 210 valence electrons. The number of hydrogen-bond acceptors (Lipinski definition) is 1. The zero-order valence-electron chi connectivity index (χ0n) is 24.6. The maximum Gasteiger partial charge on any atom is 0.220 e. The molecule has 1 amide bonds. The molecule has 1 N–H and O–H groups in total. The molecule has 0 saturated heterocycles. The highest BCUT2D eigenvalue weighted by Gasteiger charge is 2.29. The molecule has 0 bridgehead atoms. The first-order chi connectivity index (χ1) is 16.7. The highest BCUT2D eigenvalue weighted by Crippen LogP contribution is 2.21. The topological polar surface area (TPSA) is 29.1 Å². The summed E-state index contributed by atoms with van der Waals surface area (Å²) in [7, 11) is 4.57. The van der Waals surface area contributed by atoms with E-state index in [1.54, 1.807) is 0 Å². The van der Waals surface area contributed by atoms with Crippen LogP contribution in [-0.2, 0) is 11.3 Å². The number of nitrogens with one attached hydrogen (secondary N) is 1. The molecular formula is C32H59BrN2O. The highest BCUT2D eigenvalue weighted by atomic mass is 79.9. The number of rotatable bonds is 22. The third-order valence-corrected chi connectivity index (χ3v) is 7.08. The zero-order valence-corrected chi connectivity index (χ0v) is 26.1. The van der Waals surface area contributed by atoms with Gasteiger partial charge in [-0.05, 0) is 6.42 Å². The molecule has 0 fully saturated rings. The van der Waals surface area contributed by atoms with Gasteiger partial charge in [0, 0.05) is 23.9 Å². The van der Waals surface area contributed by atoms with Crippen LogP contribution in [0.3, 0.4) is 0 Å². The third kappa shape index (κ3) is 20.2. The van der Waals surface area contributed by atoms with Gasteiger partial charge in [-0.3, -0.25) is 4.79 Å². The van der Waals surface area contributed by atoms with E-state index >= 15 is 0 Å². The van der Waals surface area contributed by atoms with Gasteiger partial charge in [0.2, 0.25) is 5.91 Å². The summed E-state index contributed by atoms with van der Waals surface area (Å²) in [6.07, 6.45) is 21.0. The van der Waals surface area contributed by atoms with Gasteiger partial charge >= 0.3 is 0 Å². The summed E-state index contributed by atoms with van der Waals surface area (Å²) in [5.41, 5.74) is 1.44. The van der Waals surface area contributed by atoms with Crippen LogP contribution in [0.5, 0.6) is 0 Å². The Morgan fingerprint density at radius 1 is 0.750 bits per heavy atom. The fraction of sp³-hybridized carbons (Fsp3) is 0.781. The van der Waals surface area contributed by atoms with E-state index in [1.807, 2.05) is 0 Å². The van der Waals surface area contributed by atoms with Crippen LogP contribution in [0.15, 0.2) is 30.3 Å². The molecule has 3 nitrogen and oxygen atoms in total. The molecule has 4 heteroatoms. The van der Waals surface area contributed by atoms with Gasteiger partial charge in [-0.15, -0.1) is 0 Å². The van der Waals surface area contributed by atoms with Gasteiger partial charge in [0.15, 0.2) is 0 Å². The van der Waals surface area contributed by atoms with Crippen molar-refractivity contribution in [2.45, 2.75) is 130 Å². The molecular weight excluding hydrogens is 508 g/mol. The summed E-state index contributed by atoms with van der Waals surface area (Å²) in [5.74, 6) is 0.223. The molecule has 0 saturated carbocycles. The van der Waals surface area contributed by atoms with Crippen LogP contribution in [0.4, 0.5) is 0 Å². The van der Waals surface area contributed by atoms with Crippen molar-refractivity contribution in [3.63, 3.8) is 0 Å². The second kappa shape index (κ2) is 21.1. The Bertz CT molecular complexity index is 645. The Morgan fingerprint density at radius 3 is 1.67 bits per heavy atom. The van der Waals surface area contributed by atoms with E-state index in [0.717, 1.165) is 30.5 Å². The molecule has 0 radical (unpaired) electrons. The van der Waals surface area contributed by atoms with Gasteiger partial charge in [-0.25, -0.2) is 0 Å². The fourth-order valence-electron chi connectivity index (χ4n) is 5.43. The number of carbonyl (C=O) groups excluding carboxylic acids is 1. The van der Waals surface area contributed by atoms with E-state index in [0.29, 0.717) is 6.42 Å². The van der Waals surface area contributed by atoms with Crippen molar-refractivity contribution in [3.05, 3.63) is 35.9 Å². The number of hydrogen-bond donors (Lipinski definition) is 1. The van der Waals surface area contributed by atoms with Gasteiger partial charge in [0.25, 0.3) is 0 Å². The second-order valence-corrected chi connectivity index (χ2v) is 12.4. The van der Waals surface area contributed by atoms with Crippen molar-refractivity contribution in [1.82, 2.24) is 5.32 Å². The number of quaternary nitrogens is 1. The number of nitrogens with zero attached hydrogens (tertiary/aromatic N) is 1. The van der Waals surface area contributed by atoms with Gasteiger partial charge < -0.3 is 26.8 Å². The smallest absolute Gasteiger partial charge is 0.220 e. The molecule has 0 spiro atoms. The number of benzene rings is 1. The van der Waals surface area contributed by atoms with Crippen molar-refractivity contribution in [2.75, 3.05) is 27.2 Å². The first kappa shape index (κ1) is 35.1. The Balaban J connectivity index is 0.0000122. The van der Waals surface area contributed by atoms with E-state index in [-0.39, 0.29) is 28.3 Å². The molecule has 0 aliphatic carbocycles. The van der Waals surface area contributed by atoms with Crippen LogP contribution in [0.25, 0.3) is 0 Å². The summed E-state index contributed by atoms with van der Waals surface area (Å²) in [6.45, 7) is 9.62. The lowest BCUT2D eigenvalue weighted by atomic mass is 9.91. The van der Waals surface area contributed by atoms with Crippen LogP contribution >= 0.6 is 0 Å². The molecule has 0 heterocycles. The fourth-order valence-corrected chi connectivity index (χ4v) is 5.43. The highest BCUT2D eigenvalue weighted by molar-refractivity contribution is 5.75. The van der Waals surface area contributed by atoms with Crippen molar-refractivity contribution in [2.24, 2.45) is 5.41 Å². The first-order valence-corrected chi connectivity index (χ1v) is 14.9. The maximum atomic E-state index is 12.4. The Kier molecular flexibility index (Phi) is 20.6. The van der Waals surface area contributed by atoms with Crippen LogP contribution in [0.2, 0.25) is 0 Å². The maximum absolute atomic E-state index is 12.4. The molecule has 0 aromatic heterocycles. The van der Waals surface area contributed by atoms with Gasteiger partial charge in [0.05, 0.1) is 20.6 Å². The predicted molar refractivity (Wildman–Crippen MR) is 153 cm³/mol.